The first-order chi connectivity index (χ1) is 13.3. The Morgan fingerprint density at radius 1 is 1.25 bits per heavy atom. The van der Waals surface area contributed by atoms with E-state index in [-0.39, 0.29) is 18.1 Å². The van der Waals surface area contributed by atoms with Crippen molar-refractivity contribution in [2.75, 3.05) is 25.5 Å². The minimum atomic E-state index is -0.886. The number of anilines is 1. The number of likely N-dealkylation sites (N-methyl/N-ethyl adjacent to an activating group) is 1. The Labute approximate surface area is 162 Å². The van der Waals surface area contributed by atoms with Crippen LogP contribution in [-0.4, -0.2) is 59.2 Å². The van der Waals surface area contributed by atoms with Crippen molar-refractivity contribution in [3.8, 4) is 0 Å². The van der Waals surface area contributed by atoms with Crippen LogP contribution in [0.3, 0.4) is 0 Å². The first-order valence-corrected chi connectivity index (χ1v) is 9.24. The van der Waals surface area contributed by atoms with Gasteiger partial charge in [0, 0.05) is 12.7 Å². The van der Waals surface area contributed by atoms with Gasteiger partial charge < -0.3 is 15.5 Å². The molecule has 8 nitrogen and oxygen atoms in total. The van der Waals surface area contributed by atoms with Crippen LogP contribution in [0.4, 0.5) is 14.9 Å². The molecule has 1 saturated heterocycles. The lowest BCUT2D eigenvalue weighted by atomic mass is 9.82. The summed E-state index contributed by atoms with van der Waals surface area (Å²) in [6.45, 7) is -0.708. The van der Waals surface area contributed by atoms with E-state index in [1.54, 1.807) is 0 Å². The van der Waals surface area contributed by atoms with Gasteiger partial charge in [-0.25, -0.2) is 9.18 Å². The van der Waals surface area contributed by atoms with E-state index in [1.807, 2.05) is 0 Å². The van der Waals surface area contributed by atoms with Gasteiger partial charge in [-0.2, -0.15) is 0 Å². The number of nitrogens with zero attached hydrogens (tertiary/aromatic N) is 2. The van der Waals surface area contributed by atoms with Gasteiger partial charge >= 0.3 is 6.03 Å². The fourth-order valence-electron chi connectivity index (χ4n) is 3.64. The number of imide groups is 1. The zero-order valence-electron chi connectivity index (χ0n) is 15.7. The largest absolute Gasteiger partial charge is 0.335 e. The van der Waals surface area contributed by atoms with Gasteiger partial charge in [-0.15, -0.1) is 0 Å². The van der Waals surface area contributed by atoms with Crippen LogP contribution in [0.1, 0.15) is 32.1 Å². The average molecular weight is 390 g/mol. The van der Waals surface area contributed by atoms with E-state index in [9.17, 15) is 23.6 Å². The predicted octanol–water partition coefficient (Wildman–Crippen LogP) is 1.48. The minimum Gasteiger partial charge on any atom is -0.335 e. The molecule has 2 aliphatic rings. The molecule has 28 heavy (non-hydrogen) atoms. The van der Waals surface area contributed by atoms with E-state index in [2.05, 4.69) is 10.6 Å². The van der Waals surface area contributed by atoms with Crippen LogP contribution < -0.4 is 10.6 Å². The molecule has 9 heteroatoms. The Balaban J connectivity index is 1.55. The number of urea groups is 1. The molecule has 0 bridgehead atoms. The maximum Gasteiger partial charge on any atom is 0.325 e. The number of benzene rings is 1. The summed E-state index contributed by atoms with van der Waals surface area (Å²) >= 11 is 0. The molecule has 1 aliphatic carbocycles. The summed E-state index contributed by atoms with van der Waals surface area (Å²) in [5.74, 6) is -1.91. The summed E-state index contributed by atoms with van der Waals surface area (Å²) in [6, 6.07) is 4.83. The summed E-state index contributed by atoms with van der Waals surface area (Å²) in [7, 11) is 1.41. The van der Waals surface area contributed by atoms with Gasteiger partial charge in [0.1, 0.15) is 17.9 Å². The van der Waals surface area contributed by atoms with E-state index in [1.165, 1.54) is 25.2 Å². The third-order valence-corrected chi connectivity index (χ3v) is 5.16. The normalized spacial score (nSPS) is 18.1. The van der Waals surface area contributed by atoms with Gasteiger partial charge in [-0.1, -0.05) is 25.3 Å². The lowest BCUT2D eigenvalue weighted by Crippen LogP contribution is -2.49. The lowest BCUT2D eigenvalue weighted by Gasteiger charge is -2.30. The molecule has 2 fully saturated rings. The molecule has 0 atom stereocenters. The smallest absolute Gasteiger partial charge is 0.325 e. The highest BCUT2D eigenvalue weighted by Crippen LogP contribution is 2.33. The van der Waals surface area contributed by atoms with Crippen LogP contribution in [-0.2, 0) is 14.4 Å². The topological polar surface area (TPSA) is 98.8 Å². The molecule has 1 spiro atoms. The van der Waals surface area contributed by atoms with E-state index < -0.39 is 35.7 Å². The van der Waals surface area contributed by atoms with Crippen molar-refractivity contribution in [3.63, 3.8) is 0 Å². The maximum atomic E-state index is 13.2. The van der Waals surface area contributed by atoms with Crippen molar-refractivity contribution in [1.82, 2.24) is 15.1 Å². The quantitative estimate of drug-likeness (QED) is 0.744. The third kappa shape index (κ3) is 4.13. The summed E-state index contributed by atoms with van der Waals surface area (Å²) in [4.78, 5) is 51.4. The zero-order chi connectivity index (χ0) is 20.3. The molecule has 0 aromatic heterocycles. The summed E-state index contributed by atoms with van der Waals surface area (Å²) in [6.07, 6.45) is 3.89. The number of nitrogens with one attached hydrogen (secondary N) is 2. The van der Waals surface area contributed by atoms with Crippen LogP contribution in [0, 0.1) is 5.82 Å². The molecule has 2 N–H and O–H groups in total. The van der Waals surface area contributed by atoms with E-state index in [0.29, 0.717) is 12.8 Å². The van der Waals surface area contributed by atoms with Crippen LogP contribution in [0.2, 0.25) is 0 Å². The van der Waals surface area contributed by atoms with Crippen LogP contribution in [0.25, 0.3) is 0 Å². The number of halogens is 1. The highest BCUT2D eigenvalue weighted by Gasteiger charge is 2.51. The van der Waals surface area contributed by atoms with Crippen molar-refractivity contribution in [2.45, 2.75) is 37.6 Å². The van der Waals surface area contributed by atoms with Crippen molar-refractivity contribution in [2.24, 2.45) is 0 Å². The number of carbonyl (C=O) groups excluding carboxylic acids is 4. The first-order valence-electron chi connectivity index (χ1n) is 9.24. The molecular weight excluding hydrogens is 367 g/mol. The second-order valence-electron chi connectivity index (χ2n) is 7.27. The number of amides is 5. The van der Waals surface area contributed by atoms with Gasteiger partial charge in [0.05, 0.1) is 6.54 Å². The average Bonchev–Trinajstić information content (AvgIpc) is 2.86. The van der Waals surface area contributed by atoms with E-state index in [0.717, 1.165) is 35.1 Å². The van der Waals surface area contributed by atoms with Crippen LogP contribution >= 0.6 is 0 Å². The standard InChI is InChI=1S/C19H23FN4O4/c1-23(11-15(25)21-14-7-5-6-13(20)10-14)16(26)12-24-17(27)19(22-18(24)28)8-3-2-4-9-19/h5-7,10H,2-4,8-9,11-12H2,1H3,(H,21,25)(H,22,28). The molecule has 3 rings (SSSR count). The van der Waals surface area contributed by atoms with E-state index >= 15 is 0 Å². The Morgan fingerprint density at radius 2 is 1.96 bits per heavy atom. The molecule has 150 valence electrons. The second kappa shape index (κ2) is 7.95. The summed E-state index contributed by atoms with van der Waals surface area (Å²) in [5, 5.41) is 5.24. The number of hydrogen-bond donors (Lipinski definition) is 2. The molecule has 1 aliphatic heterocycles. The summed E-state index contributed by atoms with van der Waals surface area (Å²) < 4.78 is 13.2. The Hall–Kier alpha value is -2.97. The zero-order valence-corrected chi connectivity index (χ0v) is 15.7. The van der Waals surface area contributed by atoms with Gasteiger partial charge in [-0.05, 0) is 31.0 Å². The van der Waals surface area contributed by atoms with Crippen LogP contribution in [0.15, 0.2) is 24.3 Å². The number of hydrogen-bond acceptors (Lipinski definition) is 4. The van der Waals surface area contributed by atoms with Crippen molar-refractivity contribution in [1.29, 1.82) is 0 Å². The highest BCUT2D eigenvalue weighted by molar-refractivity contribution is 6.09. The fourth-order valence-corrected chi connectivity index (χ4v) is 3.64. The molecule has 0 unspecified atom stereocenters. The number of rotatable bonds is 5. The number of carbonyl (C=O) groups is 4. The monoisotopic (exact) mass is 390 g/mol. The van der Waals surface area contributed by atoms with Crippen molar-refractivity contribution in [3.05, 3.63) is 30.1 Å². The second-order valence-corrected chi connectivity index (χ2v) is 7.27. The van der Waals surface area contributed by atoms with Gasteiger partial charge in [0.15, 0.2) is 0 Å². The molecular formula is C19H23FN4O4. The molecule has 5 amide bonds. The minimum absolute atomic E-state index is 0.277. The first kappa shape index (κ1) is 19.8. The fraction of sp³-hybridized carbons (Fsp3) is 0.474. The third-order valence-electron chi connectivity index (χ3n) is 5.16. The molecule has 1 aromatic rings. The molecule has 0 radical (unpaired) electrons. The van der Waals surface area contributed by atoms with Gasteiger partial charge in [0.25, 0.3) is 5.91 Å². The van der Waals surface area contributed by atoms with E-state index in [4.69, 9.17) is 0 Å². The predicted molar refractivity (Wildman–Crippen MR) is 98.7 cm³/mol. The molecule has 1 aromatic carbocycles. The SMILES string of the molecule is CN(CC(=O)Nc1cccc(F)c1)C(=O)CN1C(=O)NC2(CCCCC2)C1=O. The van der Waals surface area contributed by atoms with Gasteiger partial charge in [0.2, 0.25) is 11.8 Å². The maximum absolute atomic E-state index is 13.2. The highest BCUT2D eigenvalue weighted by atomic mass is 19.1. The summed E-state index contributed by atoms with van der Waals surface area (Å²) in [5.41, 5.74) is -0.609. The Bertz CT molecular complexity index is 807. The van der Waals surface area contributed by atoms with Crippen molar-refractivity contribution < 1.29 is 23.6 Å². The molecule has 1 heterocycles. The Kier molecular flexibility index (Phi) is 5.62. The Morgan fingerprint density at radius 3 is 2.64 bits per heavy atom. The van der Waals surface area contributed by atoms with Crippen molar-refractivity contribution >= 4 is 29.4 Å². The molecule has 1 saturated carbocycles. The van der Waals surface area contributed by atoms with Gasteiger partial charge in [-0.3, -0.25) is 19.3 Å². The lowest BCUT2D eigenvalue weighted by molar-refractivity contribution is -0.139. The van der Waals surface area contributed by atoms with Crippen LogP contribution in [0.5, 0.6) is 0 Å².